The molecule has 1 heterocycles. The van der Waals surface area contributed by atoms with Crippen LogP contribution in [0.4, 0.5) is 17.1 Å². The van der Waals surface area contributed by atoms with E-state index in [2.05, 4.69) is 61.2 Å². The first-order valence-electron chi connectivity index (χ1n) is 11.8. The maximum atomic E-state index is 12.8. The number of anilines is 3. The molecule has 3 aromatic rings. The Balaban J connectivity index is 1.81. The fraction of sp³-hybridized carbons (Fsp3) is 0.200. The summed E-state index contributed by atoms with van der Waals surface area (Å²) in [5.74, 6) is -0.868. The minimum absolute atomic E-state index is 0.00160. The molecule has 182 valence electrons. The normalized spacial score (nSPS) is 15.2. The van der Waals surface area contributed by atoms with E-state index in [0.29, 0.717) is 5.76 Å². The molecule has 0 radical (unpaired) electrons. The average molecular weight is 480 g/mol. The fourth-order valence-corrected chi connectivity index (χ4v) is 4.49. The molecule has 0 bridgehead atoms. The van der Waals surface area contributed by atoms with E-state index in [4.69, 9.17) is 15.2 Å². The van der Waals surface area contributed by atoms with Crippen molar-refractivity contribution in [1.82, 2.24) is 0 Å². The molecule has 6 nitrogen and oxygen atoms in total. The van der Waals surface area contributed by atoms with E-state index in [0.717, 1.165) is 33.8 Å². The summed E-state index contributed by atoms with van der Waals surface area (Å²) >= 11 is 0. The van der Waals surface area contributed by atoms with E-state index in [1.807, 2.05) is 36.4 Å². The fourth-order valence-electron chi connectivity index (χ4n) is 4.49. The molecule has 4 rings (SSSR count). The summed E-state index contributed by atoms with van der Waals surface area (Å²) in [6, 6.07) is 26.6. The van der Waals surface area contributed by atoms with Gasteiger partial charge in [-0.25, -0.2) is 4.79 Å². The van der Waals surface area contributed by atoms with Gasteiger partial charge in [0.2, 0.25) is 5.88 Å². The summed E-state index contributed by atoms with van der Waals surface area (Å²) in [6.45, 7) is 7.74. The van der Waals surface area contributed by atoms with E-state index >= 15 is 0 Å². The van der Waals surface area contributed by atoms with Crippen LogP contribution in [0.25, 0.3) is 0 Å². The van der Waals surface area contributed by atoms with Crippen LogP contribution in [0.1, 0.15) is 36.5 Å². The molecule has 0 aliphatic carbocycles. The van der Waals surface area contributed by atoms with Crippen LogP contribution >= 0.6 is 0 Å². The zero-order valence-electron chi connectivity index (χ0n) is 20.9. The zero-order chi connectivity index (χ0) is 25.8. The Labute approximate surface area is 211 Å². The van der Waals surface area contributed by atoms with Crippen molar-refractivity contribution in [2.75, 3.05) is 11.5 Å². The van der Waals surface area contributed by atoms with Gasteiger partial charge in [-0.15, -0.1) is 0 Å². The van der Waals surface area contributed by atoms with E-state index in [-0.39, 0.29) is 23.6 Å². The number of rotatable bonds is 6. The number of nitriles is 1. The van der Waals surface area contributed by atoms with E-state index in [9.17, 15) is 10.1 Å². The summed E-state index contributed by atoms with van der Waals surface area (Å²) < 4.78 is 10.8. The first-order chi connectivity index (χ1) is 17.3. The molecule has 1 aliphatic heterocycles. The molecule has 0 saturated heterocycles. The summed E-state index contributed by atoms with van der Waals surface area (Å²) in [4.78, 5) is 15.0. The molecular weight excluding hydrogens is 450 g/mol. The van der Waals surface area contributed by atoms with Gasteiger partial charge in [0, 0.05) is 17.1 Å². The molecule has 6 heteroatoms. The zero-order valence-corrected chi connectivity index (χ0v) is 20.9. The average Bonchev–Trinajstić information content (AvgIpc) is 2.84. The van der Waals surface area contributed by atoms with Crippen molar-refractivity contribution < 1.29 is 14.3 Å². The number of benzene rings is 3. The number of carbonyl (C=O) groups excluding carboxylic acids is 1. The monoisotopic (exact) mass is 479 g/mol. The van der Waals surface area contributed by atoms with Crippen LogP contribution in [-0.4, -0.2) is 12.6 Å². The highest BCUT2D eigenvalue weighted by atomic mass is 16.5. The van der Waals surface area contributed by atoms with Gasteiger partial charge in [-0.3, -0.25) is 0 Å². The molecule has 2 N–H and O–H groups in total. The van der Waals surface area contributed by atoms with Gasteiger partial charge in [-0.1, -0.05) is 36.4 Å². The number of hydrogen-bond acceptors (Lipinski definition) is 6. The van der Waals surface area contributed by atoms with Gasteiger partial charge in [-0.05, 0) is 80.8 Å². The Morgan fingerprint density at radius 3 is 2.06 bits per heavy atom. The number of hydrogen-bond donors (Lipinski definition) is 1. The summed E-state index contributed by atoms with van der Waals surface area (Å²) in [6.07, 6.45) is 0. The van der Waals surface area contributed by atoms with Crippen molar-refractivity contribution in [3.63, 3.8) is 0 Å². The first kappa shape index (κ1) is 24.6. The predicted octanol–water partition coefficient (Wildman–Crippen LogP) is 6.42. The van der Waals surface area contributed by atoms with E-state index < -0.39 is 11.9 Å². The van der Waals surface area contributed by atoms with Crippen molar-refractivity contribution in [2.24, 2.45) is 5.73 Å². The lowest BCUT2D eigenvalue weighted by molar-refractivity contribution is -0.139. The van der Waals surface area contributed by atoms with Crippen molar-refractivity contribution in [3.05, 3.63) is 112 Å². The molecule has 3 aromatic carbocycles. The number of nitrogens with zero attached hydrogens (tertiary/aromatic N) is 2. The van der Waals surface area contributed by atoms with Gasteiger partial charge in [-0.2, -0.15) is 5.26 Å². The van der Waals surface area contributed by atoms with Gasteiger partial charge < -0.3 is 20.1 Å². The van der Waals surface area contributed by atoms with Crippen LogP contribution in [0.2, 0.25) is 0 Å². The van der Waals surface area contributed by atoms with Crippen molar-refractivity contribution in [2.45, 2.75) is 33.6 Å². The maximum Gasteiger partial charge on any atom is 0.338 e. The van der Waals surface area contributed by atoms with Crippen LogP contribution in [-0.2, 0) is 14.3 Å². The van der Waals surface area contributed by atoms with Crippen molar-refractivity contribution in [1.29, 1.82) is 5.26 Å². The second kappa shape index (κ2) is 10.4. The minimum Gasteiger partial charge on any atom is -0.463 e. The Hall–Kier alpha value is -4.50. The highest BCUT2D eigenvalue weighted by Gasteiger charge is 2.36. The first-order valence-corrected chi connectivity index (χ1v) is 11.8. The quantitative estimate of drug-likeness (QED) is 0.411. The third kappa shape index (κ3) is 4.82. The van der Waals surface area contributed by atoms with Gasteiger partial charge in [0.15, 0.2) is 0 Å². The molecule has 0 fully saturated rings. The highest BCUT2D eigenvalue weighted by Crippen LogP contribution is 2.41. The maximum absolute atomic E-state index is 12.8. The number of esters is 1. The molecule has 0 aromatic heterocycles. The smallest absolute Gasteiger partial charge is 0.338 e. The number of ether oxygens (including phenoxy) is 2. The Bertz CT molecular complexity index is 1350. The van der Waals surface area contributed by atoms with E-state index in [1.165, 1.54) is 0 Å². The number of carbonyl (C=O) groups is 1. The van der Waals surface area contributed by atoms with Gasteiger partial charge in [0.05, 0.1) is 18.1 Å². The van der Waals surface area contributed by atoms with Crippen LogP contribution in [0, 0.1) is 25.2 Å². The number of aryl methyl sites for hydroxylation is 2. The molecule has 0 saturated carbocycles. The lowest BCUT2D eigenvalue weighted by Gasteiger charge is -2.28. The largest absolute Gasteiger partial charge is 0.463 e. The van der Waals surface area contributed by atoms with Gasteiger partial charge >= 0.3 is 5.97 Å². The Morgan fingerprint density at radius 2 is 1.56 bits per heavy atom. The minimum atomic E-state index is -0.678. The van der Waals surface area contributed by atoms with E-state index in [1.54, 1.807) is 13.8 Å². The summed E-state index contributed by atoms with van der Waals surface area (Å²) in [5, 5.41) is 9.85. The molecule has 1 aliphatic rings. The second-order valence-corrected chi connectivity index (χ2v) is 8.72. The van der Waals surface area contributed by atoms with Crippen LogP contribution < -0.4 is 10.6 Å². The third-order valence-electron chi connectivity index (χ3n) is 6.11. The summed E-state index contributed by atoms with van der Waals surface area (Å²) in [7, 11) is 0. The SMILES string of the molecule is CCOC(=O)C1=C(C)OC(N)=C(C#N)C1c1ccc(N(c2cccc(C)c2)c2cccc(C)c2)cc1. The predicted molar refractivity (Wildman–Crippen MR) is 141 cm³/mol. The third-order valence-corrected chi connectivity index (χ3v) is 6.11. The van der Waals surface area contributed by atoms with Crippen LogP contribution in [0.15, 0.2) is 95.6 Å². The van der Waals surface area contributed by atoms with Crippen molar-refractivity contribution in [3.8, 4) is 6.07 Å². The molecular formula is C30H29N3O3. The molecule has 36 heavy (non-hydrogen) atoms. The van der Waals surface area contributed by atoms with Crippen LogP contribution in [0.3, 0.4) is 0 Å². The molecule has 1 atom stereocenters. The lowest BCUT2D eigenvalue weighted by atomic mass is 9.83. The summed E-state index contributed by atoms with van der Waals surface area (Å²) in [5.41, 5.74) is 12.6. The van der Waals surface area contributed by atoms with Crippen molar-refractivity contribution >= 4 is 23.0 Å². The number of allylic oxidation sites excluding steroid dienone is 2. The standard InChI is InChI=1S/C30H29N3O3/c1-5-35-30(34)27-21(4)36-29(32)26(18-31)28(27)22-12-14-23(15-13-22)33(24-10-6-8-19(2)16-24)25-11-7-9-20(3)17-25/h6-17,28H,5,32H2,1-4H3. The van der Waals surface area contributed by atoms with Gasteiger partial charge in [0.25, 0.3) is 0 Å². The Kier molecular flexibility index (Phi) is 7.12. The number of nitrogens with two attached hydrogens (primary N) is 1. The topological polar surface area (TPSA) is 88.6 Å². The highest BCUT2D eigenvalue weighted by molar-refractivity contribution is 5.92. The lowest BCUT2D eigenvalue weighted by Crippen LogP contribution is -2.25. The Morgan fingerprint density at radius 1 is 0.972 bits per heavy atom. The molecule has 0 amide bonds. The van der Waals surface area contributed by atoms with Crippen LogP contribution in [0.5, 0.6) is 0 Å². The van der Waals surface area contributed by atoms with Gasteiger partial charge in [0.1, 0.15) is 17.4 Å². The second-order valence-electron chi connectivity index (χ2n) is 8.72. The molecule has 0 spiro atoms. The molecule has 1 unspecified atom stereocenters.